The minimum Gasteiger partial charge on any atom is -0.472 e. The van der Waals surface area contributed by atoms with Crippen molar-refractivity contribution >= 4 is 0 Å². The van der Waals surface area contributed by atoms with Gasteiger partial charge in [-0.2, -0.15) is 0 Å². The van der Waals surface area contributed by atoms with Crippen LogP contribution in [0, 0.1) is 0 Å². The van der Waals surface area contributed by atoms with Crippen LogP contribution in [-0.2, 0) is 13.2 Å². The molecule has 0 radical (unpaired) electrons. The van der Waals surface area contributed by atoms with Crippen molar-refractivity contribution < 1.29 is 4.74 Å². The van der Waals surface area contributed by atoms with Crippen LogP contribution in [0.4, 0.5) is 0 Å². The van der Waals surface area contributed by atoms with Gasteiger partial charge in [0.1, 0.15) is 11.6 Å². The molecule has 0 spiro atoms. The van der Waals surface area contributed by atoms with Crippen molar-refractivity contribution in [3.8, 4) is 39.7 Å². The second-order valence-electron chi connectivity index (χ2n) is 7.33. The van der Waals surface area contributed by atoms with E-state index in [0.717, 1.165) is 46.1 Å². The first kappa shape index (κ1) is 19.9. The summed E-state index contributed by atoms with van der Waals surface area (Å²) in [6, 6.07) is 20.9. The van der Waals surface area contributed by atoms with Gasteiger partial charge in [-0.25, -0.2) is 4.98 Å². The third-order valence-electron chi connectivity index (χ3n) is 5.02. The predicted molar refractivity (Wildman–Crippen MR) is 122 cm³/mol. The third kappa shape index (κ3) is 3.73. The molecule has 152 valence electrons. The average molecular weight is 398 g/mol. The Kier molecular flexibility index (Phi) is 5.94. The lowest BCUT2D eigenvalue weighted by Gasteiger charge is -2.20. The highest BCUT2D eigenvalue weighted by molar-refractivity contribution is 5.83. The highest BCUT2D eigenvalue weighted by atomic mass is 16.5. The lowest BCUT2D eigenvalue weighted by Crippen LogP contribution is -2.14. The Morgan fingerprint density at radius 1 is 0.900 bits per heavy atom. The van der Waals surface area contributed by atoms with Gasteiger partial charge in [0.05, 0.1) is 17.0 Å². The van der Waals surface area contributed by atoms with E-state index >= 15 is 0 Å². The van der Waals surface area contributed by atoms with Crippen molar-refractivity contribution in [2.24, 2.45) is 0 Å². The molecule has 4 nitrogen and oxygen atoms in total. The van der Waals surface area contributed by atoms with Gasteiger partial charge in [0, 0.05) is 23.5 Å². The molecule has 30 heavy (non-hydrogen) atoms. The van der Waals surface area contributed by atoms with Gasteiger partial charge in [-0.3, -0.25) is 9.55 Å². The summed E-state index contributed by atoms with van der Waals surface area (Å²) in [6.45, 7) is 6.86. The Bertz CT molecular complexity index is 1110. The van der Waals surface area contributed by atoms with Gasteiger partial charge in [-0.05, 0) is 18.1 Å². The first-order chi connectivity index (χ1) is 14.8. The quantitative estimate of drug-likeness (QED) is 0.391. The van der Waals surface area contributed by atoms with Crippen LogP contribution >= 0.6 is 0 Å². The van der Waals surface area contributed by atoms with E-state index in [2.05, 4.69) is 78.9 Å². The van der Waals surface area contributed by atoms with Crippen molar-refractivity contribution in [2.75, 3.05) is 0 Å². The molecule has 3 heterocycles. The Morgan fingerprint density at radius 3 is 2.33 bits per heavy atom. The van der Waals surface area contributed by atoms with Gasteiger partial charge in [0.15, 0.2) is 6.73 Å². The van der Waals surface area contributed by atoms with Crippen LogP contribution in [0.1, 0.15) is 32.8 Å². The summed E-state index contributed by atoms with van der Waals surface area (Å²) in [6.07, 6.45) is 5.85. The Balaban J connectivity index is 0.000000687. The van der Waals surface area contributed by atoms with Gasteiger partial charge in [-0.1, -0.05) is 81.8 Å². The second kappa shape index (κ2) is 8.95. The van der Waals surface area contributed by atoms with E-state index in [-0.39, 0.29) is 0 Å². The highest BCUT2D eigenvalue weighted by Gasteiger charge is 2.26. The van der Waals surface area contributed by atoms with Gasteiger partial charge in [-0.15, -0.1) is 0 Å². The summed E-state index contributed by atoms with van der Waals surface area (Å²) in [7, 11) is 0. The van der Waals surface area contributed by atoms with Crippen LogP contribution in [0.3, 0.4) is 0 Å². The number of hydrogen-bond acceptors (Lipinski definition) is 3. The monoisotopic (exact) mass is 397 g/mol. The zero-order chi connectivity index (χ0) is 20.9. The van der Waals surface area contributed by atoms with Crippen molar-refractivity contribution in [2.45, 2.75) is 40.3 Å². The standard InChI is InChI=1S/C23H19N3O.C3H8/c1-2-16-8-10-17(11-9-16)21-22(18-6-4-3-5-7-18)26-15-27-20-12-13-24-14-19(20)23(26)25-21;1-3-2/h3-14H,2,15H2,1H3;3H2,1-2H3. The van der Waals surface area contributed by atoms with Crippen molar-refractivity contribution in [3.63, 3.8) is 0 Å². The Morgan fingerprint density at radius 2 is 1.63 bits per heavy atom. The minimum absolute atomic E-state index is 0.441. The number of rotatable bonds is 3. The number of nitrogens with zero attached hydrogens (tertiary/aromatic N) is 3. The molecule has 0 aliphatic carbocycles. The number of aromatic nitrogens is 3. The largest absolute Gasteiger partial charge is 0.472 e. The fourth-order valence-corrected chi connectivity index (χ4v) is 3.58. The molecule has 0 saturated carbocycles. The highest BCUT2D eigenvalue weighted by Crippen LogP contribution is 2.41. The summed E-state index contributed by atoms with van der Waals surface area (Å²) < 4.78 is 8.12. The molecule has 4 heteroatoms. The lowest BCUT2D eigenvalue weighted by molar-refractivity contribution is 0.231. The zero-order valence-electron chi connectivity index (χ0n) is 17.8. The van der Waals surface area contributed by atoms with Crippen LogP contribution in [-0.4, -0.2) is 14.5 Å². The number of ether oxygens (including phenoxy) is 1. The first-order valence-electron chi connectivity index (χ1n) is 10.6. The maximum atomic E-state index is 5.98. The number of benzene rings is 2. The summed E-state index contributed by atoms with van der Waals surface area (Å²) in [4.78, 5) is 9.31. The van der Waals surface area contributed by atoms with Gasteiger partial charge in [0.2, 0.25) is 0 Å². The maximum absolute atomic E-state index is 5.98. The smallest absolute Gasteiger partial charge is 0.167 e. The molecule has 2 aromatic carbocycles. The van der Waals surface area contributed by atoms with Crippen molar-refractivity contribution in [1.29, 1.82) is 0 Å². The number of fused-ring (bicyclic) bond motifs is 3. The molecule has 0 unspecified atom stereocenters. The number of pyridine rings is 1. The third-order valence-corrected chi connectivity index (χ3v) is 5.02. The summed E-state index contributed by atoms with van der Waals surface area (Å²) in [5.74, 6) is 1.73. The fourth-order valence-electron chi connectivity index (χ4n) is 3.58. The SMILES string of the molecule is CCC.CCc1ccc(-c2nc3n(c2-c2ccccc2)COc2ccncc2-3)cc1. The van der Waals surface area contributed by atoms with Crippen LogP contribution < -0.4 is 4.74 Å². The molecule has 4 aromatic rings. The fraction of sp³-hybridized carbons (Fsp3) is 0.231. The second-order valence-corrected chi connectivity index (χ2v) is 7.33. The Labute approximate surface area is 178 Å². The molecule has 0 N–H and O–H groups in total. The van der Waals surface area contributed by atoms with Crippen LogP contribution in [0.5, 0.6) is 5.75 Å². The van der Waals surface area contributed by atoms with Crippen LogP contribution in [0.25, 0.3) is 33.9 Å². The molecular weight excluding hydrogens is 370 g/mol. The molecule has 1 aliphatic heterocycles. The van der Waals surface area contributed by atoms with Crippen LogP contribution in [0.15, 0.2) is 73.1 Å². The molecule has 0 amide bonds. The zero-order valence-corrected chi connectivity index (χ0v) is 17.8. The van der Waals surface area contributed by atoms with E-state index in [1.165, 1.54) is 12.0 Å². The van der Waals surface area contributed by atoms with Gasteiger partial charge in [0.25, 0.3) is 0 Å². The van der Waals surface area contributed by atoms with E-state index in [4.69, 9.17) is 9.72 Å². The minimum atomic E-state index is 0.441. The topological polar surface area (TPSA) is 39.9 Å². The number of aryl methyl sites for hydroxylation is 1. The van der Waals surface area contributed by atoms with Gasteiger partial charge >= 0.3 is 0 Å². The molecule has 0 saturated heterocycles. The predicted octanol–water partition coefficient (Wildman–Crippen LogP) is 6.61. The van der Waals surface area contributed by atoms with Crippen LogP contribution in [0.2, 0.25) is 0 Å². The normalized spacial score (nSPS) is 11.6. The van der Waals surface area contributed by atoms with E-state index in [1.54, 1.807) is 6.20 Å². The summed E-state index contributed by atoms with van der Waals surface area (Å²) >= 11 is 0. The van der Waals surface area contributed by atoms with E-state index in [9.17, 15) is 0 Å². The molecule has 0 fully saturated rings. The Hall–Kier alpha value is -3.40. The van der Waals surface area contributed by atoms with E-state index in [0.29, 0.717) is 6.73 Å². The lowest BCUT2D eigenvalue weighted by atomic mass is 10.0. The number of imidazole rings is 1. The molecule has 5 rings (SSSR count). The van der Waals surface area contributed by atoms with Gasteiger partial charge < -0.3 is 4.74 Å². The first-order valence-corrected chi connectivity index (χ1v) is 10.6. The molecule has 2 aromatic heterocycles. The van der Waals surface area contributed by atoms with E-state index in [1.807, 2.05) is 18.3 Å². The van der Waals surface area contributed by atoms with Crippen molar-refractivity contribution in [1.82, 2.24) is 14.5 Å². The molecular formula is C26H27N3O. The maximum Gasteiger partial charge on any atom is 0.167 e. The molecule has 0 bridgehead atoms. The van der Waals surface area contributed by atoms with E-state index < -0.39 is 0 Å². The summed E-state index contributed by atoms with van der Waals surface area (Å²) in [5.41, 5.74) is 6.53. The number of hydrogen-bond donors (Lipinski definition) is 0. The summed E-state index contributed by atoms with van der Waals surface area (Å²) in [5, 5.41) is 0. The molecule has 1 aliphatic rings. The van der Waals surface area contributed by atoms with Crippen molar-refractivity contribution in [3.05, 3.63) is 78.6 Å². The molecule has 0 atom stereocenters. The average Bonchev–Trinajstić information content (AvgIpc) is 3.20.